The van der Waals surface area contributed by atoms with Crippen LogP contribution >= 0.6 is 0 Å². The quantitative estimate of drug-likeness (QED) is 0.803. The van der Waals surface area contributed by atoms with Crippen molar-refractivity contribution in [2.24, 2.45) is 0 Å². The van der Waals surface area contributed by atoms with Gasteiger partial charge in [-0.3, -0.25) is 9.11 Å². The van der Waals surface area contributed by atoms with Crippen LogP contribution < -0.4 is 0 Å². The molecule has 0 aliphatic carbocycles. The summed E-state index contributed by atoms with van der Waals surface area (Å²) in [5.41, 5.74) is 0.102. The number of benzene rings is 2. The standard InChI is InChI=1S/C14H14O6S2/c15-21(16,17)14(22(18,19)20,13-9-5-2-6-10-13)11-12-7-3-1-4-8-12/h1-10H,11H2,(H,15,16,17)(H,18,19,20). The Morgan fingerprint density at radius 2 is 1.14 bits per heavy atom. The summed E-state index contributed by atoms with van der Waals surface area (Å²) in [6.07, 6.45) is -0.616. The third-order valence-corrected chi connectivity index (χ3v) is 7.02. The molecular weight excluding hydrogens is 328 g/mol. The average Bonchev–Trinajstić information content (AvgIpc) is 2.44. The van der Waals surface area contributed by atoms with Crippen molar-refractivity contribution in [3.63, 3.8) is 0 Å². The van der Waals surface area contributed by atoms with Gasteiger partial charge >= 0.3 is 0 Å². The van der Waals surface area contributed by atoms with Gasteiger partial charge in [0.1, 0.15) is 0 Å². The molecule has 0 unspecified atom stereocenters. The SMILES string of the molecule is O=S(=O)(O)C(Cc1ccccc1)(c1ccccc1)S(=O)(=O)O. The van der Waals surface area contributed by atoms with Crippen molar-refractivity contribution in [2.45, 2.75) is 10.5 Å². The summed E-state index contributed by atoms with van der Waals surface area (Å²) in [4.78, 5) is 0. The minimum Gasteiger partial charge on any atom is -0.284 e. The van der Waals surface area contributed by atoms with Crippen LogP contribution in [0.2, 0.25) is 0 Å². The normalized spacial score (nSPS) is 13.0. The van der Waals surface area contributed by atoms with Crippen LogP contribution in [0.1, 0.15) is 11.1 Å². The van der Waals surface area contributed by atoms with E-state index in [4.69, 9.17) is 0 Å². The molecule has 0 aliphatic heterocycles. The molecule has 2 aromatic rings. The summed E-state index contributed by atoms with van der Waals surface area (Å²) in [7, 11) is -10.3. The zero-order chi connectivity index (χ0) is 16.4. The van der Waals surface area contributed by atoms with Crippen LogP contribution in [0, 0.1) is 0 Å². The highest BCUT2D eigenvalue weighted by molar-refractivity contribution is 8.04. The van der Waals surface area contributed by atoms with Crippen LogP contribution in [0.3, 0.4) is 0 Å². The van der Waals surface area contributed by atoms with Crippen LogP contribution in [0.25, 0.3) is 0 Å². The maximum Gasteiger partial charge on any atom is 0.292 e. The van der Waals surface area contributed by atoms with E-state index < -0.39 is 30.7 Å². The summed E-state index contributed by atoms with van der Waals surface area (Å²) in [6.45, 7) is 0. The minimum atomic E-state index is -5.17. The molecule has 2 rings (SSSR count). The lowest BCUT2D eigenvalue weighted by Crippen LogP contribution is -2.45. The van der Waals surface area contributed by atoms with E-state index in [9.17, 15) is 25.9 Å². The molecule has 6 nitrogen and oxygen atoms in total. The predicted molar refractivity (Wildman–Crippen MR) is 81.4 cm³/mol. The Morgan fingerprint density at radius 3 is 1.55 bits per heavy atom. The molecule has 118 valence electrons. The van der Waals surface area contributed by atoms with Gasteiger partial charge in [0.05, 0.1) is 0 Å². The van der Waals surface area contributed by atoms with E-state index in [2.05, 4.69) is 0 Å². The Morgan fingerprint density at radius 1 is 0.727 bits per heavy atom. The first-order chi connectivity index (χ1) is 10.2. The lowest BCUT2D eigenvalue weighted by Gasteiger charge is -2.28. The van der Waals surface area contributed by atoms with E-state index in [1.807, 2.05) is 0 Å². The summed E-state index contributed by atoms with van der Waals surface area (Å²) >= 11 is 0. The van der Waals surface area contributed by atoms with Gasteiger partial charge in [0.15, 0.2) is 0 Å². The van der Waals surface area contributed by atoms with Crippen molar-refractivity contribution >= 4 is 20.2 Å². The Bertz CT molecular complexity index is 811. The lowest BCUT2D eigenvalue weighted by atomic mass is 10.0. The molecule has 0 spiro atoms. The van der Waals surface area contributed by atoms with Crippen molar-refractivity contribution in [1.29, 1.82) is 0 Å². The third-order valence-electron chi connectivity index (χ3n) is 3.33. The van der Waals surface area contributed by atoms with Crippen molar-refractivity contribution in [3.8, 4) is 0 Å². The van der Waals surface area contributed by atoms with Gasteiger partial charge in [-0.25, -0.2) is 0 Å². The van der Waals surface area contributed by atoms with E-state index in [0.717, 1.165) is 0 Å². The summed E-state index contributed by atoms with van der Waals surface area (Å²) in [5.74, 6) is 0. The molecule has 0 aliphatic rings. The van der Waals surface area contributed by atoms with Crippen molar-refractivity contribution < 1.29 is 25.9 Å². The maximum atomic E-state index is 11.9. The molecule has 2 N–H and O–H groups in total. The van der Waals surface area contributed by atoms with Crippen LogP contribution in [0.15, 0.2) is 60.7 Å². The zero-order valence-electron chi connectivity index (χ0n) is 11.3. The first-order valence-electron chi connectivity index (χ1n) is 6.22. The molecule has 0 bridgehead atoms. The molecule has 0 fully saturated rings. The second-order valence-electron chi connectivity index (χ2n) is 4.73. The average molecular weight is 342 g/mol. The molecule has 8 heteroatoms. The van der Waals surface area contributed by atoms with E-state index >= 15 is 0 Å². The first kappa shape index (κ1) is 16.6. The molecule has 0 heterocycles. The second kappa shape index (κ2) is 5.81. The fourth-order valence-electron chi connectivity index (χ4n) is 2.27. The van der Waals surface area contributed by atoms with Gasteiger partial charge < -0.3 is 0 Å². The molecule has 2 aromatic carbocycles. The van der Waals surface area contributed by atoms with Crippen molar-refractivity contribution in [2.75, 3.05) is 0 Å². The highest BCUT2D eigenvalue weighted by atomic mass is 32.3. The summed E-state index contributed by atoms with van der Waals surface area (Å²) < 4.78 is 64.0. The van der Waals surface area contributed by atoms with E-state index in [0.29, 0.717) is 5.56 Å². The summed E-state index contributed by atoms with van der Waals surface area (Å²) in [6, 6.07) is 14.7. The van der Waals surface area contributed by atoms with Crippen molar-refractivity contribution in [1.82, 2.24) is 0 Å². The van der Waals surface area contributed by atoms with Gasteiger partial charge in [0, 0.05) is 6.42 Å². The molecule has 0 aromatic heterocycles. The Labute approximate surface area is 128 Å². The molecule has 0 saturated carbocycles. The largest absolute Gasteiger partial charge is 0.292 e. The minimum absolute atomic E-state index is 0.233. The first-order valence-corrected chi connectivity index (χ1v) is 9.10. The highest BCUT2D eigenvalue weighted by Crippen LogP contribution is 2.38. The monoisotopic (exact) mass is 342 g/mol. The fourth-order valence-corrected chi connectivity index (χ4v) is 4.90. The molecule has 0 radical (unpaired) electrons. The highest BCUT2D eigenvalue weighted by Gasteiger charge is 2.56. The summed E-state index contributed by atoms with van der Waals surface area (Å²) in [5, 5.41) is 0. The number of rotatable bonds is 5. The fraction of sp³-hybridized carbons (Fsp3) is 0.143. The van der Waals surface area contributed by atoms with Gasteiger partial charge in [0.2, 0.25) is 0 Å². The van der Waals surface area contributed by atoms with Crippen LogP contribution in [-0.4, -0.2) is 25.9 Å². The second-order valence-corrected chi connectivity index (χ2v) is 8.28. The van der Waals surface area contributed by atoms with E-state index in [1.165, 1.54) is 36.4 Å². The van der Waals surface area contributed by atoms with Crippen LogP contribution in [-0.2, 0) is 30.7 Å². The van der Waals surface area contributed by atoms with Gasteiger partial charge in [-0.2, -0.15) is 16.8 Å². The Kier molecular flexibility index (Phi) is 4.39. The molecular formula is C14H14O6S2. The predicted octanol–water partition coefficient (Wildman–Crippen LogP) is 1.86. The van der Waals surface area contributed by atoms with E-state index in [1.54, 1.807) is 24.3 Å². The molecule has 0 atom stereocenters. The zero-order valence-corrected chi connectivity index (χ0v) is 13.0. The Balaban J connectivity index is 2.79. The molecule has 22 heavy (non-hydrogen) atoms. The smallest absolute Gasteiger partial charge is 0.284 e. The topological polar surface area (TPSA) is 109 Å². The van der Waals surface area contributed by atoms with Gasteiger partial charge in [-0.05, 0) is 11.1 Å². The van der Waals surface area contributed by atoms with Gasteiger partial charge in [-0.1, -0.05) is 60.7 Å². The number of hydrogen-bond donors (Lipinski definition) is 2. The molecule has 0 amide bonds. The Hall–Kier alpha value is -1.74. The maximum absolute atomic E-state index is 11.9. The van der Waals surface area contributed by atoms with Crippen molar-refractivity contribution in [3.05, 3.63) is 71.8 Å². The van der Waals surface area contributed by atoms with Crippen LogP contribution in [0.4, 0.5) is 0 Å². The third kappa shape index (κ3) is 2.91. The number of hydrogen-bond acceptors (Lipinski definition) is 4. The van der Waals surface area contributed by atoms with Crippen LogP contribution in [0.5, 0.6) is 0 Å². The van der Waals surface area contributed by atoms with E-state index in [-0.39, 0.29) is 5.56 Å². The lowest BCUT2D eigenvalue weighted by molar-refractivity contribution is 0.422. The van der Waals surface area contributed by atoms with Gasteiger partial charge in [0.25, 0.3) is 24.3 Å². The van der Waals surface area contributed by atoms with Gasteiger partial charge in [-0.15, -0.1) is 0 Å². The molecule has 0 saturated heterocycles.